The number of phenolic OH excluding ortho intramolecular Hbond substituents is 4. The van der Waals surface area contributed by atoms with Crippen LogP contribution in [-0.4, -0.2) is 31.6 Å². The molecule has 4 N–H and O–H groups in total. The van der Waals surface area contributed by atoms with E-state index < -0.39 is 11.2 Å². The van der Waals surface area contributed by atoms with E-state index in [1.807, 2.05) is 91.8 Å². The van der Waals surface area contributed by atoms with Crippen LogP contribution in [0.2, 0.25) is 0 Å². The molecule has 6 aromatic rings. The summed E-state index contributed by atoms with van der Waals surface area (Å²) in [5, 5.41) is 41.6. The van der Waals surface area contributed by atoms with Crippen LogP contribution in [0.3, 0.4) is 0 Å². The number of fused-ring (bicyclic) bond motifs is 6. The second-order valence-electron chi connectivity index (χ2n) is 16.6. The van der Waals surface area contributed by atoms with E-state index in [4.69, 9.17) is 18.3 Å². The Morgan fingerprint density at radius 2 is 0.917 bits per heavy atom. The molecule has 0 amide bonds. The molecular weight excluding hydrogens is 761 g/mol. The summed E-state index contributed by atoms with van der Waals surface area (Å²) in [4.78, 5) is 26.8. The zero-order valence-electron chi connectivity index (χ0n) is 34.9. The van der Waals surface area contributed by atoms with Crippen molar-refractivity contribution in [1.82, 2.24) is 0 Å². The van der Waals surface area contributed by atoms with E-state index in [-0.39, 0.29) is 44.6 Å². The molecule has 0 saturated heterocycles. The van der Waals surface area contributed by atoms with Crippen LogP contribution in [0.5, 0.6) is 34.5 Å². The maximum Gasteiger partial charge on any atom is 0.204 e. The summed E-state index contributed by atoms with van der Waals surface area (Å²) < 4.78 is 24.1. The van der Waals surface area contributed by atoms with Crippen LogP contribution in [-0.2, 0) is 12.8 Å². The van der Waals surface area contributed by atoms with Gasteiger partial charge in [-0.05, 0) is 128 Å². The lowest BCUT2D eigenvalue weighted by molar-refractivity contribution is 0.156. The van der Waals surface area contributed by atoms with Crippen molar-refractivity contribution in [2.24, 2.45) is 0 Å². The van der Waals surface area contributed by atoms with Crippen molar-refractivity contribution in [3.8, 4) is 56.8 Å². The standard InChI is InChI=1S/2C25H24O5/c2*1-14(2)5-10-17-21(27)20-22(28)19(15-6-8-16(26)9-7-15)13-29-24(20)18-11-12-25(3,4)30-23(17)18/h2*5-9,11-13,26-27H,10H2,1-4H3. The third kappa shape index (κ3) is 7.93. The Labute approximate surface area is 347 Å². The second-order valence-corrected chi connectivity index (χ2v) is 16.6. The number of allylic oxidation sites excluding steroid dienone is 4. The molecular formula is C50H48O10. The first-order chi connectivity index (χ1) is 28.4. The molecule has 4 aromatic carbocycles. The summed E-state index contributed by atoms with van der Waals surface area (Å²) in [6.07, 6.45) is 15.2. The minimum absolute atomic E-state index is 0.106. The van der Waals surface area contributed by atoms with E-state index >= 15 is 0 Å². The number of rotatable bonds is 6. The van der Waals surface area contributed by atoms with Crippen LogP contribution in [0.4, 0.5) is 0 Å². The number of benzene rings is 4. The molecule has 308 valence electrons. The molecule has 0 saturated carbocycles. The molecule has 2 aromatic heterocycles. The molecule has 4 heterocycles. The molecule has 0 bridgehead atoms. The number of hydrogen-bond donors (Lipinski definition) is 4. The third-order valence-electron chi connectivity index (χ3n) is 10.4. The third-order valence-corrected chi connectivity index (χ3v) is 10.4. The average molecular weight is 809 g/mol. The van der Waals surface area contributed by atoms with Gasteiger partial charge in [-0.2, -0.15) is 0 Å². The molecule has 0 atom stereocenters. The topological polar surface area (TPSA) is 160 Å². The van der Waals surface area contributed by atoms with Crippen molar-refractivity contribution in [2.45, 2.75) is 79.4 Å². The molecule has 60 heavy (non-hydrogen) atoms. The van der Waals surface area contributed by atoms with Gasteiger partial charge in [0.2, 0.25) is 10.9 Å². The SMILES string of the molecule is CC(C)=CCc1c2c(c3occ(-c4ccc(O)cc4)c(=O)c3c1O)C=CC(C)(C)O2.CC(C)=CCc1c2c(c3occ(-c4ccc(O)cc4)c(=O)c3c1O)C=CC(C)(C)O2. The van der Waals surface area contributed by atoms with E-state index in [0.29, 0.717) is 80.0 Å². The Balaban J connectivity index is 0.000000181. The fraction of sp³-hybridized carbons (Fsp3) is 0.240. The van der Waals surface area contributed by atoms with Gasteiger partial charge in [0.15, 0.2) is 11.2 Å². The molecule has 0 spiro atoms. The van der Waals surface area contributed by atoms with Crippen molar-refractivity contribution < 1.29 is 38.7 Å². The first kappa shape index (κ1) is 41.2. The van der Waals surface area contributed by atoms with Gasteiger partial charge in [-0.1, -0.05) is 47.6 Å². The normalized spacial score (nSPS) is 14.3. The van der Waals surface area contributed by atoms with E-state index in [1.54, 1.807) is 24.3 Å². The molecule has 10 heteroatoms. The maximum atomic E-state index is 13.4. The Bertz CT molecular complexity index is 2710. The summed E-state index contributed by atoms with van der Waals surface area (Å²) in [5.41, 5.74) is 5.26. The molecule has 8 rings (SSSR count). The second kappa shape index (κ2) is 15.7. The van der Waals surface area contributed by atoms with Gasteiger partial charge in [0.05, 0.1) is 22.3 Å². The summed E-state index contributed by atoms with van der Waals surface area (Å²) in [6.45, 7) is 15.6. The zero-order chi connectivity index (χ0) is 43.3. The van der Waals surface area contributed by atoms with Gasteiger partial charge in [0.25, 0.3) is 0 Å². The molecule has 0 fully saturated rings. The van der Waals surface area contributed by atoms with Crippen LogP contribution in [0, 0.1) is 0 Å². The largest absolute Gasteiger partial charge is 0.508 e. The fourth-order valence-electron chi connectivity index (χ4n) is 7.18. The lowest BCUT2D eigenvalue weighted by atomic mass is 9.93. The quantitative estimate of drug-likeness (QED) is 0.119. The predicted octanol–water partition coefficient (Wildman–Crippen LogP) is 11.1. The van der Waals surface area contributed by atoms with Gasteiger partial charge in [0.1, 0.15) is 69.0 Å². The highest BCUT2D eigenvalue weighted by molar-refractivity contribution is 5.98. The summed E-state index contributed by atoms with van der Waals surface area (Å²) in [5.74, 6) is 1.03. The van der Waals surface area contributed by atoms with Crippen molar-refractivity contribution in [3.63, 3.8) is 0 Å². The number of ether oxygens (including phenoxy) is 2. The van der Waals surface area contributed by atoms with Crippen molar-refractivity contribution >= 4 is 34.1 Å². The van der Waals surface area contributed by atoms with Crippen LogP contribution >= 0.6 is 0 Å². The first-order valence-corrected chi connectivity index (χ1v) is 19.6. The van der Waals surface area contributed by atoms with Crippen molar-refractivity contribution in [2.75, 3.05) is 0 Å². The molecule has 0 aliphatic carbocycles. The highest BCUT2D eigenvalue weighted by Crippen LogP contribution is 2.46. The minimum atomic E-state index is -0.543. The Morgan fingerprint density at radius 1 is 0.567 bits per heavy atom. The number of phenols is 4. The molecule has 0 unspecified atom stereocenters. The van der Waals surface area contributed by atoms with Gasteiger partial charge in [-0.25, -0.2) is 0 Å². The number of aromatic hydroxyl groups is 4. The van der Waals surface area contributed by atoms with Gasteiger partial charge < -0.3 is 38.7 Å². The van der Waals surface area contributed by atoms with Crippen molar-refractivity contribution in [3.05, 3.63) is 139 Å². The highest BCUT2D eigenvalue weighted by Gasteiger charge is 2.32. The average Bonchev–Trinajstić information content (AvgIpc) is 3.18. The highest BCUT2D eigenvalue weighted by atomic mass is 16.5. The Hall–Kier alpha value is -6.94. The summed E-state index contributed by atoms with van der Waals surface area (Å²) in [6, 6.07) is 12.6. The Morgan fingerprint density at radius 3 is 1.25 bits per heavy atom. The van der Waals surface area contributed by atoms with Gasteiger partial charge in [-0.15, -0.1) is 0 Å². The Kier molecular flexibility index (Phi) is 10.8. The van der Waals surface area contributed by atoms with Crippen LogP contribution in [0.25, 0.3) is 56.3 Å². The summed E-state index contributed by atoms with van der Waals surface area (Å²) >= 11 is 0. The first-order valence-electron chi connectivity index (χ1n) is 19.6. The van der Waals surface area contributed by atoms with Crippen molar-refractivity contribution in [1.29, 1.82) is 0 Å². The van der Waals surface area contributed by atoms with Gasteiger partial charge in [-0.3, -0.25) is 9.59 Å². The van der Waals surface area contributed by atoms with Gasteiger partial charge in [0, 0.05) is 11.1 Å². The van der Waals surface area contributed by atoms with Crippen LogP contribution in [0.1, 0.15) is 77.6 Å². The lowest BCUT2D eigenvalue weighted by Gasteiger charge is -2.30. The number of hydrogen-bond acceptors (Lipinski definition) is 10. The van der Waals surface area contributed by atoms with E-state index in [9.17, 15) is 30.0 Å². The zero-order valence-corrected chi connectivity index (χ0v) is 34.9. The lowest BCUT2D eigenvalue weighted by Crippen LogP contribution is -2.28. The van der Waals surface area contributed by atoms with E-state index in [2.05, 4.69) is 0 Å². The van der Waals surface area contributed by atoms with E-state index in [0.717, 1.165) is 11.1 Å². The minimum Gasteiger partial charge on any atom is -0.508 e. The maximum absolute atomic E-state index is 13.4. The molecule has 0 radical (unpaired) electrons. The smallest absolute Gasteiger partial charge is 0.204 e. The van der Waals surface area contributed by atoms with Crippen LogP contribution in [0.15, 0.2) is 115 Å². The fourth-order valence-corrected chi connectivity index (χ4v) is 7.18. The molecule has 2 aliphatic rings. The van der Waals surface area contributed by atoms with Crippen LogP contribution < -0.4 is 20.3 Å². The monoisotopic (exact) mass is 808 g/mol. The van der Waals surface area contributed by atoms with E-state index in [1.165, 1.54) is 36.8 Å². The predicted molar refractivity (Wildman–Crippen MR) is 236 cm³/mol. The molecule has 10 nitrogen and oxygen atoms in total. The molecule has 2 aliphatic heterocycles. The summed E-state index contributed by atoms with van der Waals surface area (Å²) in [7, 11) is 0. The van der Waals surface area contributed by atoms with Gasteiger partial charge >= 0.3 is 0 Å².